The molecular formula is C23H31N3O3. The molecule has 1 aliphatic rings. The molecule has 1 fully saturated rings. The van der Waals surface area contributed by atoms with Crippen LogP contribution in [0.1, 0.15) is 19.4 Å². The van der Waals surface area contributed by atoms with E-state index in [0.717, 1.165) is 32.6 Å². The summed E-state index contributed by atoms with van der Waals surface area (Å²) in [5.41, 5.74) is 3.33. The number of rotatable bonds is 8. The molecule has 2 N–H and O–H groups in total. The number of aliphatic hydroxyl groups excluding tert-OH is 1. The number of carbonyl (C=O) groups excluding carboxylic acids is 1. The van der Waals surface area contributed by atoms with Gasteiger partial charge in [0.05, 0.1) is 5.69 Å². The summed E-state index contributed by atoms with van der Waals surface area (Å²) in [4.78, 5) is 16.0. The molecule has 2 aromatic carbocycles. The van der Waals surface area contributed by atoms with E-state index >= 15 is 0 Å². The molecule has 0 bridgehead atoms. The highest BCUT2D eigenvalue weighted by molar-refractivity contribution is 5.90. The Morgan fingerprint density at radius 2 is 1.79 bits per heavy atom. The zero-order valence-electron chi connectivity index (χ0n) is 17.3. The fraction of sp³-hybridized carbons (Fsp3) is 0.435. The number of ether oxygens (including phenoxy) is 1. The maximum absolute atomic E-state index is 11.3. The number of anilines is 2. The van der Waals surface area contributed by atoms with Crippen molar-refractivity contribution in [2.24, 2.45) is 0 Å². The molecule has 1 saturated heterocycles. The second-order valence-electron chi connectivity index (χ2n) is 7.41. The van der Waals surface area contributed by atoms with Gasteiger partial charge in [-0.3, -0.25) is 9.69 Å². The molecule has 0 aromatic heterocycles. The lowest BCUT2D eigenvalue weighted by atomic mass is 10.1. The van der Waals surface area contributed by atoms with Gasteiger partial charge in [0.1, 0.15) is 18.5 Å². The predicted octanol–water partition coefficient (Wildman–Crippen LogP) is 2.77. The van der Waals surface area contributed by atoms with Crippen molar-refractivity contribution in [3.05, 3.63) is 54.1 Å². The maximum Gasteiger partial charge on any atom is 0.221 e. The molecule has 1 aliphatic heterocycles. The lowest BCUT2D eigenvalue weighted by Crippen LogP contribution is -2.49. The summed E-state index contributed by atoms with van der Waals surface area (Å²) < 4.78 is 5.76. The first-order valence-corrected chi connectivity index (χ1v) is 10.3. The first kappa shape index (κ1) is 21.1. The van der Waals surface area contributed by atoms with Crippen molar-refractivity contribution < 1.29 is 14.6 Å². The van der Waals surface area contributed by atoms with Gasteiger partial charge in [-0.2, -0.15) is 0 Å². The maximum atomic E-state index is 11.3. The fourth-order valence-electron chi connectivity index (χ4n) is 3.71. The van der Waals surface area contributed by atoms with E-state index in [2.05, 4.69) is 46.3 Å². The molecule has 0 aliphatic carbocycles. The number of nitrogens with one attached hydrogen (secondary N) is 1. The van der Waals surface area contributed by atoms with Crippen LogP contribution in [0.25, 0.3) is 0 Å². The summed E-state index contributed by atoms with van der Waals surface area (Å²) in [6, 6.07) is 15.9. The van der Waals surface area contributed by atoms with Crippen LogP contribution in [-0.4, -0.2) is 61.3 Å². The van der Waals surface area contributed by atoms with Crippen LogP contribution >= 0.6 is 0 Å². The third-order valence-electron chi connectivity index (χ3n) is 5.18. The smallest absolute Gasteiger partial charge is 0.221 e. The molecular weight excluding hydrogens is 366 g/mol. The van der Waals surface area contributed by atoms with Crippen LogP contribution in [0.4, 0.5) is 11.4 Å². The zero-order valence-corrected chi connectivity index (χ0v) is 17.3. The Morgan fingerprint density at radius 3 is 2.52 bits per heavy atom. The van der Waals surface area contributed by atoms with E-state index < -0.39 is 6.10 Å². The number of carbonyl (C=O) groups is 1. The van der Waals surface area contributed by atoms with Gasteiger partial charge < -0.3 is 20.1 Å². The number of amides is 1. The van der Waals surface area contributed by atoms with Gasteiger partial charge in [-0.15, -0.1) is 0 Å². The van der Waals surface area contributed by atoms with Crippen LogP contribution in [0.3, 0.4) is 0 Å². The van der Waals surface area contributed by atoms with Crippen LogP contribution < -0.4 is 15.0 Å². The standard InChI is InChI=1S/C23H31N3O3/c1-3-19-8-4-6-10-22(19)26-14-12-25(13-15-26)16-20(28)17-29-23-11-7-5-9-21(23)24-18(2)27/h4-11,20,28H,3,12-17H2,1-2H3,(H,24,27). The summed E-state index contributed by atoms with van der Waals surface area (Å²) in [5.74, 6) is 0.423. The van der Waals surface area contributed by atoms with Crippen molar-refractivity contribution in [1.82, 2.24) is 4.90 Å². The second kappa shape index (κ2) is 10.3. The SMILES string of the molecule is CCc1ccccc1N1CCN(CC(O)COc2ccccc2NC(C)=O)CC1. The van der Waals surface area contributed by atoms with Gasteiger partial charge in [0.2, 0.25) is 5.91 Å². The van der Waals surface area contributed by atoms with Crippen molar-refractivity contribution >= 4 is 17.3 Å². The first-order valence-electron chi connectivity index (χ1n) is 10.3. The molecule has 1 heterocycles. The zero-order chi connectivity index (χ0) is 20.6. The topological polar surface area (TPSA) is 65.0 Å². The van der Waals surface area contributed by atoms with E-state index in [4.69, 9.17) is 4.74 Å². The van der Waals surface area contributed by atoms with Crippen LogP contribution in [0.15, 0.2) is 48.5 Å². The van der Waals surface area contributed by atoms with Gasteiger partial charge in [-0.1, -0.05) is 37.3 Å². The Labute approximate surface area is 173 Å². The number of nitrogens with zero attached hydrogens (tertiary/aromatic N) is 2. The average molecular weight is 398 g/mol. The van der Waals surface area contributed by atoms with E-state index in [1.807, 2.05) is 12.1 Å². The minimum Gasteiger partial charge on any atom is -0.489 e. The quantitative estimate of drug-likeness (QED) is 0.717. The van der Waals surface area contributed by atoms with Gasteiger partial charge in [-0.25, -0.2) is 0 Å². The summed E-state index contributed by atoms with van der Waals surface area (Å²) in [5, 5.41) is 13.2. The highest BCUT2D eigenvalue weighted by Gasteiger charge is 2.21. The van der Waals surface area contributed by atoms with Gasteiger partial charge >= 0.3 is 0 Å². The number of aryl methyl sites for hydroxylation is 1. The Kier molecular flexibility index (Phi) is 7.49. The van der Waals surface area contributed by atoms with E-state index in [-0.39, 0.29) is 12.5 Å². The van der Waals surface area contributed by atoms with Crippen LogP contribution in [0.5, 0.6) is 5.75 Å². The summed E-state index contributed by atoms with van der Waals surface area (Å²) >= 11 is 0. The number of β-amino-alcohol motifs (C(OH)–C–C–N with tert-alkyl or cyclic N) is 1. The van der Waals surface area contributed by atoms with Crippen LogP contribution in [0, 0.1) is 0 Å². The monoisotopic (exact) mass is 397 g/mol. The fourth-order valence-corrected chi connectivity index (χ4v) is 3.71. The number of benzene rings is 2. The van der Waals surface area contributed by atoms with Gasteiger partial charge in [0.15, 0.2) is 0 Å². The second-order valence-corrected chi connectivity index (χ2v) is 7.41. The molecule has 0 saturated carbocycles. The van der Waals surface area contributed by atoms with Crippen molar-refractivity contribution in [3.63, 3.8) is 0 Å². The Bertz CT molecular complexity index is 803. The minimum atomic E-state index is -0.588. The third kappa shape index (κ3) is 5.95. The van der Waals surface area contributed by atoms with E-state index in [9.17, 15) is 9.90 Å². The number of para-hydroxylation sites is 3. The number of hydrogen-bond donors (Lipinski definition) is 2. The summed E-state index contributed by atoms with van der Waals surface area (Å²) in [6.07, 6.45) is 0.446. The first-order chi connectivity index (χ1) is 14.1. The van der Waals surface area contributed by atoms with E-state index in [1.165, 1.54) is 18.2 Å². The predicted molar refractivity (Wildman–Crippen MR) is 117 cm³/mol. The number of piperazine rings is 1. The van der Waals surface area contributed by atoms with Crippen molar-refractivity contribution in [3.8, 4) is 5.75 Å². The Morgan fingerprint density at radius 1 is 1.10 bits per heavy atom. The van der Waals surface area contributed by atoms with Crippen molar-refractivity contribution in [2.75, 3.05) is 49.5 Å². The lowest BCUT2D eigenvalue weighted by Gasteiger charge is -2.37. The Hall–Kier alpha value is -2.57. The summed E-state index contributed by atoms with van der Waals surface area (Å²) in [7, 11) is 0. The van der Waals surface area contributed by atoms with Gasteiger partial charge in [0.25, 0.3) is 0 Å². The van der Waals surface area contributed by atoms with Crippen LogP contribution in [-0.2, 0) is 11.2 Å². The van der Waals surface area contributed by atoms with Crippen molar-refractivity contribution in [1.29, 1.82) is 0 Å². The largest absolute Gasteiger partial charge is 0.489 e. The average Bonchev–Trinajstić information content (AvgIpc) is 2.73. The Balaban J connectivity index is 1.47. The van der Waals surface area contributed by atoms with Gasteiger partial charge in [0, 0.05) is 45.3 Å². The van der Waals surface area contributed by atoms with E-state index in [1.54, 1.807) is 12.1 Å². The molecule has 1 atom stereocenters. The van der Waals surface area contributed by atoms with Gasteiger partial charge in [-0.05, 0) is 30.2 Å². The van der Waals surface area contributed by atoms with Crippen molar-refractivity contribution in [2.45, 2.75) is 26.4 Å². The molecule has 3 rings (SSSR count). The molecule has 0 spiro atoms. The molecule has 29 heavy (non-hydrogen) atoms. The number of aliphatic hydroxyl groups is 1. The summed E-state index contributed by atoms with van der Waals surface area (Å²) in [6.45, 7) is 8.15. The molecule has 1 amide bonds. The highest BCUT2D eigenvalue weighted by Crippen LogP contribution is 2.24. The van der Waals surface area contributed by atoms with Crippen LogP contribution in [0.2, 0.25) is 0 Å². The normalized spacial score (nSPS) is 15.8. The molecule has 6 nitrogen and oxygen atoms in total. The molecule has 0 radical (unpaired) electrons. The molecule has 6 heteroatoms. The lowest BCUT2D eigenvalue weighted by molar-refractivity contribution is -0.114. The third-order valence-corrected chi connectivity index (χ3v) is 5.18. The number of hydrogen-bond acceptors (Lipinski definition) is 5. The minimum absolute atomic E-state index is 0.149. The van der Waals surface area contributed by atoms with E-state index in [0.29, 0.717) is 18.0 Å². The molecule has 1 unspecified atom stereocenters. The molecule has 156 valence electrons. The highest BCUT2D eigenvalue weighted by atomic mass is 16.5. The molecule has 2 aromatic rings.